The number of sulfonamides is 1. The van der Waals surface area contributed by atoms with Gasteiger partial charge in [-0.25, -0.2) is 13.4 Å². The lowest BCUT2D eigenvalue weighted by molar-refractivity contribution is -0.130. The lowest BCUT2D eigenvalue weighted by atomic mass is 10.1. The maximum Gasteiger partial charge on any atom is 0.244 e. The van der Waals surface area contributed by atoms with Gasteiger partial charge < -0.3 is 14.6 Å². The molecule has 0 spiro atoms. The third kappa shape index (κ3) is 4.35. The molecule has 1 aliphatic heterocycles. The number of aromatic amines is 1. The Morgan fingerprint density at radius 1 is 1.22 bits per heavy atom. The van der Waals surface area contributed by atoms with Gasteiger partial charge in [-0.15, -0.1) is 0 Å². The predicted octanol–water partition coefficient (Wildman–Crippen LogP) is 3.18. The van der Waals surface area contributed by atoms with E-state index in [0.717, 1.165) is 16.8 Å². The van der Waals surface area contributed by atoms with Gasteiger partial charge in [-0.2, -0.15) is 4.31 Å². The van der Waals surface area contributed by atoms with Gasteiger partial charge in [0.25, 0.3) is 0 Å². The number of imidazole rings is 1. The van der Waals surface area contributed by atoms with E-state index in [1.165, 1.54) is 16.1 Å². The Labute approximate surface area is 192 Å². The molecule has 0 aliphatic carbocycles. The van der Waals surface area contributed by atoms with Crippen molar-refractivity contribution in [2.24, 2.45) is 5.92 Å². The summed E-state index contributed by atoms with van der Waals surface area (Å²) in [7, 11) is -2.08. The van der Waals surface area contributed by atoms with Crippen LogP contribution in [0, 0.1) is 5.92 Å². The van der Waals surface area contributed by atoms with E-state index in [1.807, 2.05) is 32.0 Å². The number of benzene rings is 2. The Morgan fingerprint density at radius 2 is 1.97 bits per heavy atom. The Bertz CT molecular complexity index is 1210. The van der Waals surface area contributed by atoms with Crippen LogP contribution in [0.2, 0.25) is 0 Å². The van der Waals surface area contributed by atoms with Crippen molar-refractivity contribution >= 4 is 38.7 Å². The molecular weight excluding hydrogens is 448 g/mol. The minimum atomic E-state index is -3.69. The van der Waals surface area contributed by atoms with Crippen LogP contribution in [0.25, 0.3) is 11.0 Å². The number of thioether (sulfide) groups is 1. The zero-order valence-electron chi connectivity index (χ0n) is 18.2. The summed E-state index contributed by atoms with van der Waals surface area (Å²) in [6.45, 7) is 4.51. The van der Waals surface area contributed by atoms with Gasteiger partial charge in [-0.3, -0.25) is 4.79 Å². The van der Waals surface area contributed by atoms with Gasteiger partial charge in [0.05, 0.1) is 28.8 Å². The molecule has 2 aromatic carbocycles. The van der Waals surface area contributed by atoms with Crippen LogP contribution in [0.15, 0.2) is 58.6 Å². The molecule has 1 atom stereocenters. The first-order valence-electron chi connectivity index (χ1n) is 10.3. The molecule has 4 rings (SSSR count). The second-order valence-corrected chi connectivity index (χ2v) is 10.7. The van der Waals surface area contributed by atoms with Crippen molar-refractivity contribution in [2.45, 2.75) is 30.1 Å². The number of aromatic nitrogens is 2. The van der Waals surface area contributed by atoms with Crippen molar-refractivity contribution in [3.05, 3.63) is 48.5 Å². The van der Waals surface area contributed by atoms with Crippen molar-refractivity contribution in [3.63, 3.8) is 0 Å². The van der Waals surface area contributed by atoms with Gasteiger partial charge in [0.15, 0.2) is 5.16 Å². The summed E-state index contributed by atoms with van der Waals surface area (Å²) < 4.78 is 33.1. The van der Waals surface area contributed by atoms with Crippen LogP contribution in [-0.4, -0.2) is 65.6 Å². The number of nitrogens with zero attached hydrogens (tertiary/aromatic N) is 3. The van der Waals surface area contributed by atoms with Crippen LogP contribution in [0.3, 0.4) is 0 Å². The summed E-state index contributed by atoms with van der Waals surface area (Å²) in [4.78, 5) is 22.7. The van der Waals surface area contributed by atoms with Gasteiger partial charge in [-0.1, -0.05) is 43.8 Å². The van der Waals surface area contributed by atoms with Crippen molar-refractivity contribution < 1.29 is 17.9 Å². The molecule has 1 amide bonds. The zero-order chi connectivity index (χ0) is 22.9. The number of ether oxygens (including phenoxy) is 1. The number of carbonyl (C=O) groups is 1. The molecular formula is C22H26N4O4S2. The first-order valence-corrected chi connectivity index (χ1v) is 12.8. The van der Waals surface area contributed by atoms with Crippen LogP contribution < -0.4 is 4.74 Å². The topological polar surface area (TPSA) is 95.6 Å². The predicted molar refractivity (Wildman–Crippen MR) is 124 cm³/mol. The molecule has 32 heavy (non-hydrogen) atoms. The van der Waals surface area contributed by atoms with Crippen molar-refractivity contribution in [1.29, 1.82) is 0 Å². The maximum absolute atomic E-state index is 13.2. The molecule has 0 unspecified atom stereocenters. The Morgan fingerprint density at radius 3 is 2.66 bits per heavy atom. The van der Waals surface area contributed by atoms with Gasteiger partial charge >= 0.3 is 0 Å². The number of hydrogen-bond acceptors (Lipinski definition) is 6. The molecule has 1 aromatic heterocycles. The molecule has 1 fully saturated rings. The van der Waals surface area contributed by atoms with Gasteiger partial charge in [0.1, 0.15) is 11.9 Å². The summed E-state index contributed by atoms with van der Waals surface area (Å²) in [5.41, 5.74) is 1.63. The fourth-order valence-electron chi connectivity index (χ4n) is 3.95. The summed E-state index contributed by atoms with van der Waals surface area (Å²) >= 11 is 1.31. The van der Waals surface area contributed by atoms with Crippen molar-refractivity contribution in [1.82, 2.24) is 19.2 Å². The monoisotopic (exact) mass is 474 g/mol. The van der Waals surface area contributed by atoms with E-state index < -0.39 is 16.2 Å². The second-order valence-electron chi connectivity index (χ2n) is 7.89. The molecule has 0 radical (unpaired) electrons. The molecule has 2 heterocycles. The Balaban J connectivity index is 1.48. The van der Waals surface area contributed by atoms with Crippen LogP contribution >= 0.6 is 11.8 Å². The highest BCUT2D eigenvalue weighted by molar-refractivity contribution is 7.99. The number of nitrogens with one attached hydrogen (secondary N) is 1. The summed E-state index contributed by atoms with van der Waals surface area (Å²) in [6.07, 6.45) is -0.520. The molecule has 0 saturated carbocycles. The highest BCUT2D eigenvalue weighted by Gasteiger charge is 2.43. The van der Waals surface area contributed by atoms with E-state index in [1.54, 1.807) is 42.3 Å². The highest BCUT2D eigenvalue weighted by atomic mass is 32.2. The van der Waals surface area contributed by atoms with Crippen LogP contribution in [-0.2, 0) is 14.8 Å². The first-order chi connectivity index (χ1) is 15.3. The third-order valence-corrected chi connectivity index (χ3v) is 8.18. The van der Waals surface area contributed by atoms with Crippen LogP contribution in [0.4, 0.5) is 0 Å². The summed E-state index contributed by atoms with van der Waals surface area (Å²) in [5, 5.41) is 0.635. The highest BCUT2D eigenvalue weighted by Crippen LogP contribution is 2.30. The third-order valence-electron chi connectivity index (χ3n) is 5.44. The quantitative estimate of drug-likeness (QED) is 0.529. The minimum Gasteiger partial charge on any atom is -0.497 e. The van der Waals surface area contributed by atoms with E-state index in [4.69, 9.17) is 4.74 Å². The second kappa shape index (κ2) is 9.13. The average molecular weight is 475 g/mol. The van der Waals surface area contributed by atoms with Crippen molar-refractivity contribution in [2.75, 3.05) is 26.0 Å². The molecule has 1 saturated heterocycles. The van der Waals surface area contributed by atoms with E-state index in [0.29, 0.717) is 11.7 Å². The number of methoxy groups -OCH3 is 1. The maximum atomic E-state index is 13.2. The molecule has 170 valence electrons. The van der Waals surface area contributed by atoms with Crippen LogP contribution in [0.1, 0.15) is 13.8 Å². The largest absolute Gasteiger partial charge is 0.497 e. The number of hydrogen-bond donors (Lipinski definition) is 1. The van der Waals surface area contributed by atoms with Crippen LogP contribution in [0.5, 0.6) is 5.75 Å². The van der Waals surface area contributed by atoms with Crippen molar-refractivity contribution in [3.8, 4) is 5.75 Å². The smallest absolute Gasteiger partial charge is 0.244 e. The summed E-state index contributed by atoms with van der Waals surface area (Å²) in [6, 6.07) is 13.9. The zero-order valence-corrected chi connectivity index (χ0v) is 19.8. The number of fused-ring (bicyclic) bond motifs is 1. The fraction of sp³-hybridized carbons (Fsp3) is 0.364. The summed E-state index contributed by atoms with van der Waals surface area (Å²) in [5.74, 6) is 0.728. The first kappa shape index (κ1) is 22.6. The number of carbonyl (C=O) groups excluding carboxylic acids is 1. The van der Waals surface area contributed by atoms with E-state index in [9.17, 15) is 13.2 Å². The van der Waals surface area contributed by atoms with E-state index in [2.05, 4.69) is 9.97 Å². The molecule has 1 N–H and O–H groups in total. The minimum absolute atomic E-state index is 0.0522. The van der Waals surface area contributed by atoms with E-state index in [-0.39, 0.29) is 29.0 Å². The van der Waals surface area contributed by atoms with Gasteiger partial charge in [0, 0.05) is 19.2 Å². The Hall–Kier alpha value is -2.56. The van der Waals surface area contributed by atoms with Gasteiger partial charge in [-0.05, 0) is 30.2 Å². The standard InChI is InChI=1S/C22H26N4O4S2/c1-15(2)21-25(11-12-26(21)32(28,29)17-7-5-4-6-8-17)20(27)14-31-22-23-18-10-9-16(30-3)13-19(18)24-22/h4-10,13,15,21H,11-12,14H2,1-3H3,(H,23,24)/t21-/m1/s1. The molecule has 3 aromatic rings. The number of rotatable bonds is 7. The molecule has 10 heteroatoms. The normalized spacial score (nSPS) is 17.4. The number of H-pyrrole nitrogens is 1. The van der Waals surface area contributed by atoms with E-state index >= 15 is 0 Å². The fourth-order valence-corrected chi connectivity index (χ4v) is 6.46. The number of amides is 1. The Kier molecular flexibility index (Phi) is 6.45. The lowest BCUT2D eigenvalue weighted by Crippen LogP contribution is -2.48. The lowest BCUT2D eigenvalue weighted by Gasteiger charge is -2.32. The SMILES string of the molecule is COc1ccc2nc(SCC(=O)N3CCN(S(=O)(=O)c4ccccc4)[C@@H]3C(C)C)[nH]c2c1. The van der Waals surface area contributed by atoms with Gasteiger partial charge in [0.2, 0.25) is 15.9 Å². The molecule has 8 nitrogen and oxygen atoms in total. The molecule has 0 bridgehead atoms. The molecule has 1 aliphatic rings. The average Bonchev–Trinajstić information content (AvgIpc) is 3.42.